The number of hydrogen-bond acceptors (Lipinski definition) is 2. The standard InChI is InChI=1S/C15H19NO/c1-10-3-4-14-12(7-10)8-15(17-14)13-5-6-16-9-11(13)2/h3-4,7-8,11,13,16H,5-6,9H2,1-2H3. The van der Waals surface area contributed by atoms with Crippen molar-refractivity contribution in [2.45, 2.75) is 26.2 Å². The Bertz CT molecular complexity index is 529. The normalized spacial score (nSPS) is 25.3. The molecule has 1 N–H and O–H groups in total. The van der Waals surface area contributed by atoms with E-state index in [1.165, 1.54) is 23.1 Å². The van der Waals surface area contributed by atoms with Gasteiger partial charge in [-0.05, 0) is 50.6 Å². The van der Waals surface area contributed by atoms with E-state index in [-0.39, 0.29) is 0 Å². The highest BCUT2D eigenvalue weighted by molar-refractivity contribution is 5.78. The first-order valence-corrected chi connectivity index (χ1v) is 6.45. The number of furan rings is 1. The van der Waals surface area contributed by atoms with Gasteiger partial charge in [0.2, 0.25) is 0 Å². The molecule has 1 fully saturated rings. The Morgan fingerprint density at radius 1 is 1.29 bits per heavy atom. The van der Waals surface area contributed by atoms with Crippen molar-refractivity contribution >= 4 is 11.0 Å². The molecule has 1 saturated heterocycles. The van der Waals surface area contributed by atoms with Gasteiger partial charge in [0.05, 0.1) is 0 Å². The van der Waals surface area contributed by atoms with Crippen LogP contribution in [0.2, 0.25) is 0 Å². The Hall–Kier alpha value is -1.28. The van der Waals surface area contributed by atoms with Crippen molar-refractivity contribution in [2.24, 2.45) is 5.92 Å². The van der Waals surface area contributed by atoms with Crippen LogP contribution in [0.4, 0.5) is 0 Å². The molecule has 0 aliphatic carbocycles. The van der Waals surface area contributed by atoms with Gasteiger partial charge in [0.15, 0.2) is 0 Å². The molecular formula is C15H19NO. The van der Waals surface area contributed by atoms with Gasteiger partial charge in [-0.3, -0.25) is 0 Å². The van der Waals surface area contributed by atoms with E-state index in [0.29, 0.717) is 11.8 Å². The van der Waals surface area contributed by atoms with Crippen LogP contribution in [-0.2, 0) is 0 Å². The summed E-state index contributed by atoms with van der Waals surface area (Å²) in [5, 5.41) is 4.68. The molecule has 2 unspecified atom stereocenters. The molecule has 2 aromatic rings. The number of piperidine rings is 1. The van der Waals surface area contributed by atoms with Crippen LogP contribution < -0.4 is 5.32 Å². The maximum atomic E-state index is 6.01. The molecule has 1 aromatic heterocycles. The molecule has 0 bridgehead atoms. The number of benzene rings is 1. The fraction of sp³-hybridized carbons (Fsp3) is 0.467. The van der Waals surface area contributed by atoms with Crippen LogP contribution in [0, 0.1) is 12.8 Å². The lowest BCUT2D eigenvalue weighted by molar-refractivity contribution is 0.311. The lowest BCUT2D eigenvalue weighted by Gasteiger charge is -2.27. The zero-order valence-corrected chi connectivity index (χ0v) is 10.5. The number of nitrogens with one attached hydrogen (secondary N) is 1. The molecule has 2 heteroatoms. The van der Waals surface area contributed by atoms with E-state index >= 15 is 0 Å². The second kappa shape index (κ2) is 4.19. The molecule has 3 rings (SSSR count). The van der Waals surface area contributed by atoms with Crippen LogP contribution in [0.1, 0.15) is 30.6 Å². The maximum Gasteiger partial charge on any atom is 0.134 e. The van der Waals surface area contributed by atoms with Gasteiger partial charge in [-0.2, -0.15) is 0 Å². The molecule has 0 saturated carbocycles. The number of hydrogen-bond donors (Lipinski definition) is 1. The first-order chi connectivity index (χ1) is 8.24. The van der Waals surface area contributed by atoms with Gasteiger partial charge in [-0.15, -0.1) is 0 Å². The molecule has 0 radical (unpaired) electrons. The largest absolute Gasteiger partial charge is 0.461 e. The van der Waals surface area contributed by atoms with Crippen molar-refractivity contribution in [3.8, 4) is 0 Å². The van der Waals surface area contributed by atoms with Gasteiger partial charge in [0, 0.05) is 11.3 Å². The van der Waals surface area contributed by atoms with Crippen LogP contribution in [0.3, 0.4) is 0 Å². The average Bonchev–Trinajstić information content (AvgIpc) is 2.72. The fourth-order valence-electron chi connectivity index (χ4n) is 2.80. The minimum atomic E-state index is 0.573. The predicted molar refractivity (Wildman–Crippen MR) is 70.3 cm³/mol. The summed E-state index contributed by atoms with van der Waals surface area (Å²) in [6.45, 7) is 6.63. The Morgan fingerprint density at radius 2 is 2.18 bits per heavy atom. The van der Waals surface area contributed by atoms with Crippen LogP contribution in [0.15, 0.2) is 28.7 Å². The van der Waals surface area contributed by atoms with E-state index in [0.717, 1.165) is 18.7 Å². The Morgan fingerprint density at radius 3 is 3.00 bits per heavy atom. The summed E-state index contributed by atoms with van der Waals surface area (Å²) < 4.78 is 6.01. The van der Waals surface area contributed by atoms with E-state index in [1.54, 1.807) is 0 Å². The molecule has 0 spiro atoms. The van der Waals surface area contributed by atoms with Crippen LogP contribution in [0.5, 0.6) is 0 Å². The first kappa shape index (κ1) is 10.8. The van der Waals surface area contributed by atoms with Crippen molar-refractivity contribution in [1.82, 2.24) is 5.32 Å². The highest BCUT2D eigenvalue weighted by Gasteiger charge is 2.25. The molecule has 2 heterocycles. The summed E-state index contributed by atoms with van der Waals surface area (Å²) in [5.41, 5.74) is 2.32. The summed E-state index contributed by atoms with van der Waals surface area (Å²) in [5.74, 6) is 2.40. The van der Waals surface area contributed by atoms with Gasteiger partial charge in [-0.1, -0.05) is 18.6 Å². The molecule has 0 amide bonds. The van der Waals surface area contributed by atoms with Crippen molar-refractivity contribution in [1.29, 1.82) is 0 Å². The predicted octanol–water partition coefficient (Wildman–Crippen LogP) is 3.45. The summed E-state index contributed by atoms with van der Waals surface area (Å²) in [6, 6.07) is 8.63. The van der Waals surface area contributed by atoms with Gasteiger partial charge in [0.1, 0.15) is 11.3 Å². The molecule has 2 atom stereocenters. The molecule has 1 aliphatic heterocycles. The Labute approximate surface area is 102 Å². The minimum absolute atomic E-state index is 0.573. The molecule has 1 aromatic carbocycles. The zero-order valence-electron chi connectivity index (χ0n) is 10.5. The first-order valence-electron chi connectivity index (χ1n) is 6.45. The van der Waals surface area contributed by atoms with E-state index in [2.05, 4.69) is 43.4 Å². The topological polar surface area (TPSA) is 25.2 Å². The molecule has 17 heavy (non-hydrogen) atoms. The van der Waals surface area contributed by atoms with Gasteiger partial charge >= 0.3 is 0 Å². The maximum absolute atomic E-state index is 6.01. The van der Waals surface area contributed by atoms with Gasteiger partial charge < -0.3 is 9.73 Å². The smallest absolute Gasteiger partial charge is 0.134 e. The Kier molecular flexibility index (Phi) is 2.67. The number of aryl methyl sites for hydroxylation is 1. The van der Waals surface area contributed by atoms with Crippen LogP contribution >= 0.6 is 0 Å². The van der Waals surface area contributed by atoms with E-state index in [9.17, 15) is 0 Å². The fourth-order valence-corrected chi connectivity index (χ4v) is 2.80. The molecule has 90 valence electrons. The van der Waals surface area contributed by atoms with Crippen molar-refractivity contribution < 1.29 is 4.42 Å². The molecular weight excluding hydrogens is 210 g/mol. The van der Waals surface area contributed by atoms with Crippen molar-refractivity contribution in [2.75, 3.05) is 13.1 Å². The summed E-state index contributed by atoms with van der Waals surface area (Å²) in [7, 11) is 0. The van der Waals surface area contributed by atoms with Gasteiger partial charge in [-0.25, -0.2) is 0 Å². The summed E-state index contributed by atoms with van der Waals surface area (Å²) >= 11 is 0. The Balaban J connectivity index is 1.99. The third-order valence-corrected chi connectivity index (χ3v) is 3.84. The monoisotopic (exact) mass is 229 g/mol. The van der Waals surface area contributed by atoms with Crippen LogP contribution in [0.25, 0.3) is 11.0 Å². The third kappa shape index (κ3) is 1.98. The highest BCUT2D eigenvalue weighted by atomic mass is 16.3. The van der Waals surface area contributed by atoms with Crippen LogP contribution in [-0.4, -0.2) is 13.1 Å². The zero-order chi connectivity index (χ0) is 11.8. The second-order valence-corrected chi connectivity index (χ2v) is 5.27. The van der Waals surface area contributed by atoms with Gasteiger partial charge in [0.25, 0.3) is 0 Å². The summed E-state index contributed by atoms with van der Waals surface area (Å²) in [4.78, 5) is 0. The minimum Gasteiger partial charge on any atom is -0.461 e. The average molecular weight is 229 g/mol. The molecule has 2 nitrogen and oxygen atoms in total. The number of rotatable bonds is 1. The third-order valence-electron chi connectivity index (χ3n) is 3.84. The quantitative estimate of drug-likeness (QED) is 0.810. The SMILES string of the molecule is Cc1ccc2oc(C3CCNCC3C)cc2c1. The van der Waals surface area contributed by atoms with E-state index < -0.39 is 0 Å². The van der Waals surface area contributed by atoms with E-state index in [1.807, 2.05) is 0 Å². The highest BCUT2D eigenvalue weighted by Crippen LogP contribution is 2.33. The lowest BCUT2D eigenvalue weighted by Crippen LogP contribution is -2.33. The van der Waals surface area contributed by atoms with Crippen molar-refractivity contribution in [3.63, 3.8) is 0 Å². The summed E-state index contributed by atoms with van der Waals surface area (Å²) in [6.07, 6.45) is 1.18. The second-order valence-electron chi connectivity index (χ2n) is 5.27. The molecule has 1 aliphatic rings. The lowest BCUT2D eigenvalue weighted by atomic mass is 9.86. The number of fused-ring (bicyclic) bond motifs is 1. The van der Waals surface area contributed by atoms with Crippen molar-refractivity contribution in [3.05, 3.63) is 35.6 Å². The van der Waals surface area contributed by atoms with E-state index in [4.69, 9.17) is 4.42 Å².